The SMILES string of the molecule is C[C@H]1CCCCN1Cc1ncc(C(C)(C)C)o1. The monoisotopic (exact) mass is 236 g/mol. The van der Waals surface area contributed by atoms with Gasteiger partial charge in [0.1, 0.15) is 5.76 Å². The Morgan fingerprint density at radius 1 is 1.41 bits per heavy atom. The van der Waals surface area contributed by atoms with Crippen LogP contribution in [0, 0.1) is 0 Å². The number of hydrogen-bond donors (Lipinski definition) is 0. The lowest BCUT2D eigenvalue weighted by Gasteiger charge is -2.32. The molecule has 3 heteroatoms. The quantitative estimate of drug-likeness (QED) is 0.788. The van der Waals surface area contributed by atoms with E-state index in [0.29, 0.717) is 6.04 Å². The van der Waals surface area contributed by atoms with Crippen molar-refractivity contribution >= 4 is 0 Å². The van der Waals surface area contributed by atoms with Gasteiger partial charge >= 0.3 is 0 Å². The minimum absolute atomic E-state index is 0.0543. The zero-order valence-corrected chi connectivity index (χ0v) is 11.5. The van der Waals surface area contributed by atoms with Gasteiger partial charge in [-0.3, -0.25) is 4.90 Å². The summed E-state index contributed by atoms with van der Waals surface area (Å²) >= 11 is 0. The van der Waals surface area contributed by atoms with E-state index in [2.05, 4.69) is 37.6 Å². The Morgan fingerprint density at radius 2 is 2.18 bits per heavy atom. The molecule has 0 bridgehead atoms. The Kier molecular flexibility index (Phi) is 3.57. The number of oxazole rings is 1. The van der Waals surface area contributed by atoms with Crippen molar-refractivity contribution in [1.29, 1.82) is 0 Å². The van der Waals surface area contributed by atoms with E-state index in [1.165, 1.54) is 25.8 Å². The van der Waals surface area contributed by atoms with E-state index in [4.69, 9.17) is 4.42 Å². The van der Waals surface area contributed by atoms with E-state index < -0.39 is 0 Å². The second-order valence-electron chi connectivity index (χ2n) is 6.18. The average molecular weight is 236 g/mol. The van der Waals surface area contributed by atoms with E-state index in [-0.39, 0.29) is 5.41 Å². The van der Waals surface area contributed by atoms with Crippen LogP contribution >= 0.6 is 0 Å². The Hall–Kier alpha value is -0.830. The standard InChI is InChI=1S/C14H24N2O/c1-11-7-5-6-8-16(11)10-13-15-9-12(17-13)14(2,3)4/h9,11H,5-8,10H2,1-4H3/t11-/m0/s1. The van der Waals surface area contributed by atoms with Crippen LogP contribution in [-0.2, 0) is 12.0 Å². The first-order valence-electron chi connectivity index (χ1n) is 6.66. The van der Waals surface area contributed by atoms with Crippen molar-refractivity contribution in [2.45, 2.75) is 65.0 Å². The van der Waals surface area contributed by atoms with Gasteiger partial charge in [-0.1, -0.05) is 27.2 Å². The molecule has 1 saturated heterocycles. The molecule has 17 heavy (non-hydrogen) atoms. The third-order valence-corrected chi connectivity index (χ3v) is 3.57. The van der Waals surface area contributed by atoms with Crippen molar-refractivity contribution in [3.63, 3.8) is 0 Å². The topological polar surface area (TPSA) is 29.3 Å². The minimum atomic E-state index is 0.0543. The normalized spacial score (nSPS) is 22.9. The van der Waals surface area contributed by atoms with Crippen molar-refractivity contribution < 1.29 is 4.42 Å². The van der Waals surface area contributed by atoms with Gasteiger partial charge < -0.3 is 4.42 Å². The summed E-state index contributed by atoms with van der Waals surface area (Å²) < 4.78 is 5.85. The Balaban J connectivity index is 2.01. The third-order valence-electron chi connectivity index (χ3n) is 3.57. The fourth-order valence-corrected chi connectivity index (χ4v) is 2.30. The average Bonchev–Trinajstić information content (AvgIpc) is 2.69. The first kappa shape index (κ1) is 12.6. The minimum Gasteiger partial charge on any atom is -0.444 e. The summed E-state index contributed by atoms with van der Waals surface area (Å²) in [7, 11) is 0. The maximum Gasteiger partial charge on any atom is 0.208 e. The molecular weight excluding hydrogens is 212 g/mol. The maximum absolute atomic E-state index is 5.85. The van der Waals surface area contributed by atoms with Crippen LogP contribution < -0.4 is 0 Å². The molecule has 1 aliphatic heterocycles. The number of nitrogens with zero attached hydrogens (tertiary/aromatic N) is 2. The fourth-order valence-electron chi connectivity index (χ4n) is 2.30. The van der Waals surface area contributed by atoms with Gasteiger partial charge in [-0.25, -0.2) is 4.98 Å². The molecule has 96 valence electrons. The molecule has 1 aromatic heterocycles. The van der Waals surface area contributed by atoms with Gasteiger partial charge in [0, 0.05) is 11.5 Å². The van der Waals surface area contributed by atoms with Crippen LogP contribution in [-0.4, -0.2) is 22.5 Å². The van der Waals surface area contributed by atoms with Crippen LogP contribution in [0.2, 0.25) is 0 Å². The molecule has 0 saturated carbocycles. The number of aromatic nitrogens is 1. The lowest BCUT2D eigenvalue weighted by molar-refractivity contribution is 0.137. The van der Waals surface area contributed by atoms with Gasteiger partial charge in [-0.05, 0) is 26.3 Å². The van der Waals surface area contributed by atoms with Gasteiger partial charge in [0.25, 0.3) is 0 Å². The summed E-state index contributed by atoms with van der Waals surface area (Å²) in [5.41, 5.74) is 0.0543. The summed E-state index contributed by atoms with van der Waals surface area (Å²) in [5, 5.41) is 0. The molecule has 0 radical (unpaired) electrons. The molecule has 1 fully saturated rings. The van der Waals surface area contributed by atoms with Crippen molar-refractivity contribution in [2.24, 2.45) is 0 Å². The Morgan fingerprint density at radius 3 is 2.76 bits per heavy atom. The maximum atomic E-state index is 5.85. The van der Waals surface area contributed by atoms with Crippen molar-refractivity contribution in [3.8, 4) is 0 Å². The molecule has 0 amide bonds. The highest BCUT2D eigenvalue weighted by Crippen LogP contribution is 2.24. The number of hydrogen-bond acceptors (Lipinski definition) is 3. The molecule has 1 atom stereocenters. The second kappa shape index (κ2) is 4.81. The van der Waals surface area contributed by atoms with Gasteiger partial charge in [-0.15, -0.1) is 0 Å². The first-order valence-corrected chi connectivity index (χ1v) is 6.66. The summed E-state index contributed by atoms with van der Waals surface area (Å²) in [6, 6.07) is 0.661. The molecule has 1 aromatic rings. The van der Waals surface area contributed by atoms with Gasteiger partial charge in [0.05, 0.1) is 12.7 Å². The summed E-state index contributed by atoms with van der Waals surface area (Å²) in [6.45, 7) is 10.8. The van der Waals surface area contributed by atoms with Crippen molar-refractivity contribution in [1.82, 2.24) is 9.88 Å². The van der Waals surface area contributed by atoms with Gasteiger partial charge in [-0.2, -0.15) is 0 Å². The lowest BCUT2D eigenvalue weighted by Crippen LogP contribution is -2.36. The molecule has 3 nitrogen and oxygen atoms in total. The van der Waals surface area contributed by atoms with E-state index in [1.807, 2.05) is 6.20 Å². The van der Waals surface area contributed by atoms with Crippen LogP contribution in [0.25, 0.3) is 0 Å². The van der Waals surface area contributed by atoms with Gasteiger partial charge in [0.2, 0.25) is 5.89 Å². The zero-order chi connectivity index (χ0) is 12.5. The van der Waals surface area contributed by atoms with Crippen LogP contribution in [0.15, 0.2) is 10.6 Å². The van der Waals surface area contributed by atoms with E-state index in [9.17, 15) is 0 Å². The number of rotatable bonds is 2. The van der Waals surface area contributed by atoms with E-state index in [0.717, 1.165) is 18.2 Å². The molecule has 2 heterocycles. The summed E-state index contributed by atoms with van der Waals surface area (Å²) in [6.07, 6.45) is 5.84. The smallest absolute Gasteiger partial charge is 0.208 e. The molecule has 0 spiro atoms. The van der Waals surface area contributed by atoms with Crippen molar-refractivity contribution in [3.05, 3.63) is 17.8 Å². The lowest BCUT2D eigenvalue weighted by atomic mass is 9.94. The summed E-state index contributed by atoms with van der Waals surface area (Å²) in [5.74, 6) is 1.85. The predicted octanol–water partition coefficient (Wildman–Crippen LogP) is 3.35. The molecular formula is C14H24N2O. The number of likely N-dealkylation sites (tertiary alicyclic amines) is 1. The largest absolute Gasteiger partial charge is 0.444 e. The highest BCUT2D eigenvalue weighted by molar-refractivity contribution is 5.06. The number of piperidine rings is 1. The van der Waals surface area contributed by atoms with Gasteiger partial charge in [0.15, 0.2) is 0 Å². The van der Waals surface area contributed by atoms with Crippen molar-refractivity contribution in [2.75, 3.05) is 6.54 Å². The Labute approximate surface area is 104 Å². The fraction of sp³-hybridized carbons (Fsp3) is 0.786. The highest BCUT2D eigenvalue weighted by atomic mass is 16.4. The first-order chi connectivity index (χ1) is 7.97. The molecule has 0 N–H and O–H groups in total. The summed E-state index contributed by atoms with van der Waals surface area (Å²) in [4.78, 5) is 6.88. The molecule has 1 aliphatic rings. The zero-order valence-electron chi connectivity index (χ0n) is 11.5. The third kappa shape index (κ3) is 3.09. The second-order valence-corrected chi connectivity index (χ2v) is 6.18. The molecule has 0 unspecified atom stereocenters. The highest BCUT2D eigenvalue weighted by Gasteiger charge is 2.22. The molecule has 2 rings (SSSR count). The molecule has 0 aliphatic carbocycles. The molecule has 0 aromatic carbocycles. The van der Waals surface area contributed by atoms with Crippen LogP contribution in [0.4, 0.5) is 0 Å². The van der Waals surface area contributed by atoms with Crippen LogP contribution in [0.1, 0.15) is 58.6 Å². The predicted molar refractivity (Wildman–Crippen MR) is 68.9 cm³/mol. The van der Waals surface area contributed by atoms with Crippen LogP contribution in [0.5, 0.6) is 0 Å². The Bertz CT molecular complexity index is 365. The van der Waals surface area contributed by atoms with E-state index in [1.54, 1.807) is 0 Å². The van der Waals surface area contributed by atoms with Crippen LogP contribution in [0.3, 0.4) is 0 Å². The van der Waals surface area contributed by atoms with E-state index >= 15 is 0 Å².